The molecule has 23 heavy (non-hydrogen) atoms. The molecular formula is C17H19ClN2O3. The van der Waals surface area contributed by atoms with E-state index in [-0.39, 0.29) is 24.1 Å². The van der Waals surface area contributed by atoms with Gasteiger partial charge in [-0.2, -0.15) is 0 Å². The van der Waals surface area contributed by atoms with E-state index in [0.717, 1.165) is 25.7 Å². The highest BCUT2D eigenvalue weighted by molar-refractivity contribution is 6.31. The lowest BCUT2D eigenvalue weighted by Crippen LogP contribution is -2.37. The molecule has 0 aliphatic heterocycles. The SMILES string of the molecule is O=C(Cc1c(C(=O)O)[nH]c2ccc(Cl)cc12)NC1CCCCC1. The van der Waals surface area contributed by atoms with Crippen LogP contribution < -0.4 is 5.32 Å². The van der Waals surface area contributed by atoms with Crippen molar-refractivity contribution < 1.29 is 14.7 Å². The first-order valence-corrected chi connectivity index (χ1v) is 8.25. The van der Waals surface area contributed by atoms with Gasteiger partial charge < -0.3 is 15.4 Å². The average molecular weight is 335 g/mol. The standard InChI is InChI=1S/C17H19ClN2O3/c18-10-6-7-14-12(8-10)13(16(20-14)17(22)23)9-15(21)19-11-4-2-1-3-5-11/h6-8,11,20H,1-5,9H2,(H,19,21)(H,22,23). The summed E-state index contributed by atoms with van der Waals surface area (Å²) in [5.41, 5.74) is 1.22. The predicted molar refractivity (Wildman–Crippen MR) is 89.0 cm³/mol. The molecule has 2 aromatic rings. The monoisotopic (exact) mass is 334 g/mol. The molecule has 0 atom stereocenters. The van der Waals surface area contributed by atoms with E-state index >= 15 is 0 Å². The number of amides is 1. The van der Waals surface area contributed by atoms with E-state index in [1.54, 1.807) is 18.2 Å². The molecule has 6 heteroatoms. The third kappa shape index (κ3) is 3.50. The number of H-pyrrole nitrogens is 1. The number of benzene rings is 1. The van der Waals surface area contributed by atoms with Crippen molar-refractivity contribution in [2.24, 2.45) is 0 Å². The van der Waals surface area contributed by atoms with E-state index in [2.05, 4.69) is 10.3 Å². The van der Waals surface area contributed by atoms with Crippen molar-refractivity contribution in [1.29, 1.82) is 0 Å². The second-order valence-corrected chi connectivity index (χ2v) is 6.49. The summed E-state index contributed by atoms with van der Waals surface area (Å²) in [6.45, 7) is 0. The predicted octanol–water partition coefficient (Wildman–Crippen LogP) is 3.51. The van der Waals surface area contributed by atoms with Crippen LogP contribution in [0.1, 0.15) is 48.2 Å². The fraction of sp³-hybridized carbons (Fsp3) is 0.412. The number of aromatic nitrogens is 1. The number of carbonyl (C=O) groups is 2. The lowest BCUT2D eigenvalue weighted by atomic mass is 9.95. The summed E-state index contributed by atoms with van der Waals surface area (Å²) in [6.07, 6.45) is 5.52. The molecule has 1 saturated carbocycles. The minimum atomic E-state index is -1.07. The number of aromatic amines is 1. The van der Waals surface area contributed by atoms with Gasteiger partial charge in [-0.25, -0.2) is 4.79 Å². The molecule has 122 valence electrons. The summed E-state index contributed by atoms with van der Waals surface area (Å²) in [5.74, 6) is -1.21. The van der Waals surface area contributed by atoms with E-state index in [9.17, 15) is 14.7 Å². The number of hydrogen-bond donors (Lipinski definition) is 3. The van der Waals surface area contributed by atoms with Crippen LogP contribution in [0.25, 0.3) is 10.9 Å². The van der Waals surface area contributed by atoms with Crippen molar-refractivity contribution in [1.82, 2.24) is 10.3 Å². The number of carbonyl (C=O) groups excluding carboxylic acids is 1. The largest absolute Gasteiger partial charge is 0.477 e. The number of halogens is 1. The number of carboxylic acid groups (broad SMARTS) is 1. The second kappa shape index (κ2) is 6.62. The van der Waals surface area contributed by atoms with E-state index in [4.69, 9.17) is 11.6 Å². The molecule has 1 amide bonds. The molecular weight excluding hydrogens is 316 g/mol. The Morgan fingerprint density at radius 1 is 1.26 bits per heavy atom. The number of hydrogen-bond acceptors (Lipinski definition) is 2. The van der Waals surface area contributed by atoms with Gasteiger partial charge in [-0.1, -0.05) is 30.9 Å². The van der Waals surface area contributed by atoms with Crippen LogP contribution >= 0.6 is 11.6 Å². The molecule has 1 aromatic carbocycles. The number of nitrogens with one attached hydrogen (secondary N) is 2. The topological polar surface area (TPSA) is 82.2 Å². The molecule has 1 aliphatic rings. The molecule has 1 aromatic heterocycles. The van der Waals surface area contributed by atoms with Gasteiger partial charge in [0.1, 0.15) is 5.69 Å². The van der Waals surface area contributed by atoms with Crippen molar-refractivity contribution in [2.45, 2.75) is 44.6 Å². The van der Waals surface area contributed by atoms with Crippen LogP contribution in [0.5, 0.6) is 0 Å². The van der Waals surface area contributed by atoms with Gasteiger partial charge in [-0.15, -0.1) is 0 Å². The van der Waals surface area contributed by atoms with Gasteiger partial charge in [0.05, 0.1) is 6.42 Å². The van der Waals surface area contributed by atoms with Gasteiger partial charge >= 0.3 is 5.97 Å². The van der Waals surface area contributed by atoms with Crippen LogP contribution in [-0.4, -0.2) is 28.0 Å². The zero-order valence-electron chi connectivity index (χ0n) is 12.7. The summed E-state index contributed by atoms with van der Waals surface area (Å²) in [4.78, 5) is 26.6. The van der Waals surface area contributed by atoms with E-state index in [1.165, 1.54) is 6.42 Å². The highest BCUT2D eigenvalue weighted by Gasteiger charge is 2.21. The van der Waals surface area contributed by atoms with Gasteiger partial charge in [0.15, 0.2) is 0 Å². The van der Waals surface area contributed by atoms with Crippen LogP contribution in [0.4, 0.5) is 0 Å². The van der Waals surface area contributed by atoms with Gasteiger partial charge in [-0.3, -0.25) is 4.79 Å². The number of aromatic carboxylic acids is 1. The molecule has 0 unspecified atom stereocenters. The molecule has 5 nitrogen and oxygen atoms in total. The fourth-order valence-electron chi connectivity index (χ4n) is 3.27. The smallest absolute Gasteiger partial charge is 0.352 e. The molecule has 3 rings (SSSR count). The first-order chi connectivity index (χ1) is 11.0. The number of fused-ring (bicyclic) bond motifs is 1. The molecule has 1 fully saturated rings. The summed E-state index contributed by atoms with van der Waals surface area (Å²) in [7, 11) is 0. The third-order valence-electron chi connectivity index (χ3n) is 4.39. The number of carboxylic acids is 1. The minimum Gasteiger partial charge on any atom is -0.477 e. The zero-order chi connectivity index (χ0) is 16.4. The van der Waals surface area contributed by atoms with Crippen LogP contribution in [0.3, 0.4) is 0 Å². The highest BCUT2D eigenvalue weighted by atomic mass is 35.5. The maximum absolute atomic E-state index is 12.3. The van der Waals surface area contributed by atoms with Gasteiger partial charge in [0.25, 0.3) is 0 Å². The molecule has 0 spiro atoms. The van der Waals surface area contributed by atoms with Crippen molar-refractivity contribution >= 4 is 34.4 Å². The van der Waals surface area contributed by atoms with Gasteiger partial charge in [0, 0.05) is 27.5 Å². The first kappa shape index (κ1) is 15.9. The maximum atomic E-state index is 12.3. The van der Waals surface area contributed by atoms with Crippen molar-refractivity contribution in [2.75, 3.05) is 0 Å². The summed E-state index contributed by atoms with van der Waals surface area (Å²) >= 11 is 6.01. The summed E-state index contributed by atoms with van der Waals surface area (Å²) < 4.78 is 0. The van der Waals surface area contributed by atoms with Crippen molar-refractivity contribution in [3.8, 4) is 0 Å². The molecule has 0 radical (unpaired) electrons. The van der Waals surface area contributed by atoms with Crippen molar-refractivity contribution in [3.63, 3.8) is 0 Å². The molecule has 0 saturated heterocycles. The lowest BCUT2D eigenvalue weighted by Gasteiger charge is -2.22. The fourth-order valence-corrected chi connectivity index (χ4v) is 3.44. The minimum absolute atomic E-state index is 0.0402. The quantitative estimate of drug-likeness (QED) is 0.800. The Morgan fingerprint density at radius 2 is 2.00 bits per heavy atom. The summed E-state index contributed by atoms with van der Waals surface area (Å²) in [5, 5.41) is 13.6. The number of rotatable bonds is 4. The van der Waals surface area contributed by atoms with E-state index in [1.807, 2.05) is 0 Å². The zero-order valence-corrected chi connectivity index (χ0v) is 13.4. The molecule has 1 aliphatic carbocycles. The normalized spacial score (nSPS) is 15.7. The van der Waals surface area contributed by atoms with E-state index < -0.39 is 5.97 Å². The Labute approximate surface area is 139 Å². The Hall–Kier alpha value is -2.01. The third-order valence-corrected chi connectivity index (χ3v) is 4.62. The van der Waals surface area contributed by atoms with Crippen LogP contribution in [0, 0.1) is 0 Å². The first-order valence-electron chi connectivity index (χ1n) is 7.87. The van der Waals surface area contributed by atoms with E-state index in [0.29, 0.717) is 21.5 Å². The Morgan fingerprint density at radius 3 is 2.70 bits per heavy atom. The van der Waals surface area contributed by atoms with Gasteiger partial charge in [-0.05, 0) is 31.0 Å². The summed E-state index contributed by atoms with van der Waals surface area (Å²) in [6, 6.07) is 5.33. The van der Waals surface area contributed by atoms with Gasteiger partial charge in [0.2, 0.25) is 5.91 Å². The lowest BCUT2D eigenvalue weighted by molar-refractivity contribution is -0.121. The highest BCUT2D eigenvalue weighted by Crippen LogP contribution is 2.26. The average Bonchev–Trinajstić information content (AvgIpc) is 2.86. The van der Waals surface area contributed by atoms with Crippen molar-refractivity contribution in [3.05, 3.63) is 34.5 Å². The van der Waals surface area contributed by atoms with Crippen LogP contribution in [-0.2, 0) is 11.2 Å². The molecule has 0 bridgehead atoms. The van der Waals surface area contributed by atoms with Crippen LogP contribution in [0.15, 0.2) is 18.2 Å². The Bertz CT molecular complexity index is 748. The second-order valence-electron chi connectivity index (χ2n) is 6.05. The Balaban J connectivity index is 1.85. The molecule has 1 heterocycles. The van der Waals surface area contributed by atoms with Crippen LogP contribution in [0.2, 0.25) is 5.02 Å². The Kier molecular flexibility index (Phi) is 4.57. The molecule has 3 N–H and O–H groups in total. The maximum Gasteiger partial charge on any atom is 0.352 e.